The number of halogens is 2. The summed E-state index contributed by atoms with van der Waals surface area (Å²) in [5, 5.41) is 7.42. The molecule has 6 heteroatoms. The average Bonchev–Trinajstić information content (AvgIpc) is 1.33. The third kappa shape index (κ3) is 592. The first-order valence-electron chi connectivity index (χ1n) is 1.17. The van der Waals surface area contributed by atoms with Crippen LogP contribution in [0.1, 0.15) is 9.78 Å². The summed E-state index contributed by atoms with van der Waals surface area (Å²) in [5.41, 5.74) is 0. The Morgan fingerprint density at radius 2 is 1.75 bits per heavy atom. The first-order valence-corrected chi connectivity index (χ1v) is 1.91. The summed E-state index contributed by atoms with van der Waals surface area (Å²) in [6, 6.07) is 0. The van der Waals surface area contributed by atoms with Gasteiger partial charge in [0.05, 0.1) is 0 Å². The van der Waals surface area contributed by atoms with E-state index < -0.39 is 21.3 Å². The van der Waals surface area contributed by atoms with Gasteiger partial charge in [-0.25, -0.2) is 0 Å². The van der Waals surface area contributed by atoms with Crippen LogP contribution < -0.4 is 0 Å². The zero-order chi connectivity index (χ0) is 6.28. The summed E-state index contributed by atoms with van der Waals surface area (Å²) < 4.78 is 19.1. The van der Waals surface area contributed by atoms with Gasteiger partial charge in [0.1, 0.15) is 0 Å². The second-order valence-corrected chi connectivity index (χ2v) is 0.705. The fourth-order valence-corrected chi connectivity index (χ4v) is 0. The van der Waals surface area contributed by atoms with Gasteiger partial charge in [-0.15, -0.1) is 0 Å². The summed E-state index contributed by atoms with van der Waals surface area (Å²) in [4.78, 5) is 9.00. The number of hydrogen-bond donors (Lipinski definition) is 1. The van der Waals surface area contributed by atoms with E-state index in [1.54, 1.807) is 0 Å². The number of carboxylic acids is 1. The molecule has 0 spiro atoms. The van der Waals surface area contributed by atoms with E-state index in [0.717, 1.165) is 6.92 Å². The van der Waals surface area contributed by atoms with Crippen molar-refractivity contribution in [3.63, 3.8) is 0 Å². The molecule has 0 aliphatic rings. The molecular weight excluding hydrogens is 177 g/mol. The van der Waals surface area contributed by atoms with Gasteiger partial charge >= 0.3 is 45.6 Å². The largest absolute Gasteiger partial charge is 2.00 e. The van der Waals surface area contributed by atoms with Gasteiger partial charge in [-0.3, -0.25) is 4.79 Å². The van der Waals surface area contributed by atoms with Crippen LogP contribution in [-0.2, 0) is 20.1 Å². The Labute approximate surface area is 71.4 Å². The van der Waals surface area contributed by atoms with Gasteiger partial charge in [-0.05, 0) is 0 Å². The van der Waals surface area contributed by atoms with Gasteiger partial charge in [-0.1, -0.05) is 0 Å². The van der Waals surface area contributed by atoms with Crippen LogP contribution in [0.3, 0.4) is 0 Å². The predicted molar refractivity (Wildman–Crippen MR) is 23.5 cm³/mol. The summed E-state index contributed by atoms with van der Waals surface area (Å²) in [5.74, 6) is -0.833. The first kappa shape index (κ1) is 15.8. The molecule has 2 nitrogen and oxygen atoms in total. The molecule has 0 amide bonds. The van der Waals surface area contributed by atoms with Crippen molar-refractivity contribution in [3.8, 4) is 0 Å². The van der Waals surface area contributed by atoms with E-state index in [1.807, 2.05) is 0 Å². The van der Waals surface area contributed by atoms with E-state index in [9.17, 15) is 7.21 Å². The quantitative estimate of drug-likeness (QED) is 0.563. The molecule has 0 aliphatic heterocycles. The molecule has 8 heavy (non-hydrogen) atoms. The van der Waals surface area contributed by atoms with Crippen molar-refractivity contribution in [2.45, 2.75) is 6.92 Å². The minimum Gasteiger partial charge on any atom is -1.00 e. The van der Waals surface area contributed by atoms with Crippen molar-refractivity contribution < 1.29 is 35.3 Å². The number of aliphatic carboxylic acids is 1. The molecule has 0 aliphatic carbocycles. The molecule has 0 bridgehead atoms. The number of carbonyl (C=O) groups is 1. The second-order valence-electron chi connectivity index (χ2n) is 0.564. The maximum absolute atomic E-state index is 9.56. The van der Waals surface area contributed by atoms with Crippen LogP contribution >= 0.6 is 0 Å². The van der Waals surface area contributed by atoms with E-state index >= 15 is 0 Å². The Morgan fingerprint density at radius 1 is 1.75 bits per heavy atom. The Balaban J connectivity index is -0.0000000131. The van der Waals surface area contributed by atoms with Crippen molar-refractivity contribution in [3.05, 3.63) is 0 Å². The Bertz CT molecular complexity index is 56.5. The van der Waals surface area contributed by atoms with Gasteiger partial charge in [-0.2, -0.15) is 0 Å². The molecule has 0 saturated carbocycles. The van der Waals surface area contributed by atoms with Gasteiger partial charge in [0.2, 0.25) is 0 Å². The van der Waals surface area contributed by atoms with E-state index in [2.05, 4.69) is 0 Å². The molecule has 0 aromatic rings. The normalized spacial score (nSPS) is 5.88. The molecule has 0 saturated heterocycles. The van der Waals surface area contributed by atoms with Crippen LogP contribution in [0.2, 0.25) is 0 Å². The van der Waals surface area contributed by atoms with Crippen LogP contribution in [-0.4, -0.2) is 34.1 Å². The maximum atomic E-state index is 9.56. The van der Waals surface area contributed by atoms with Gasteiger partial charge in [0.25, 0.3) is 5.97 Å². The molecule has 0 unspecified atom stereocenters. The number of rotatable bonds is 0. The van der Waals surface area contributed by atoms with Gasteiger partial charge in [0, 0.05) is 6.92 Å². The molecule has 0 aromatic heterocycles. The molecule has 0 rings (SSSR count). The fourth-order valence-electron chi connectivity index (χ4n) is 0. The minimum absolute atomic E-state index is 0. The molecule has 52 valence electrons. The number of carboxylic acid groups (broad SMARTS) is 1. The average molecular weight is 183 g/mol. The van der Waals surface area contributed by atoms with E-state index in [1.165, 1.54) is 0 Å². The molecule has 0 aromatic carbocycles. The molecule has 0 heterocycles. The van der Waals surface area contributed by atoms with Crippen LogP contribution in [0, 0.1) is 0 Å². The third-order valence-electron chi connectivity index (χ3n) is 0. The minimum atomic E-state index is -1.38. The summed E-state index contributed by atoms with van der Waals surface area (Å²) in [7, 11) is 0. The zero-order valence-electron chi connectivity index (χ0n) is 6.13. The molecule has 0 atom stereocenters. The molecule has 0 radical (unpaired) electrons. The smallest absolute Gasteiger partial charge is 1.00 e. The Hall–Kier alpha value is 0.590. The van der Waals surface area contributed by atoms with Crippen LogP contribution in [0.4, 0.5) is 7.21 Å². The molecule has 0 fully saturated rings. The van der Waals surface area contributed by atoms with E-state index in [4.69, 9.17) is 9.90 Å². The predicted octanol–water partition coefficient (Wildman–Crippen LogP) is 0.773. The van der Waals surface area contributed by atoms with Crippen LogP contribution in [0.5, 0.6) is 0 Å². The summed E-state index contributed by atoms with van der Waals surface area (Å²) in [6.07, 6.45) is 0. The number of hydrogen-bond acceptors (Lipinski definition) is 1. The SMILES string of the molecule is CC(=O)O.[F][Ni][F].[H-].[H-].[Mg+2]. The van der Waals surface area contributed by atoms with Gasteiger partial charge in [0.15, 0.2) is 0 Å². The van der Waals surface area contributed by atoms with Crippen molar-refractivity contribution in [1.82, 2.24) is 0 Å². The van der Waals surface area contributed by atoms with Crippen molar-refractivity contribution >= 4 is 29.0 Å². The van der Waals surface area contributed by atoms with Crippen molar-refractivity contribution in [2.75, 3.05) is 0 Å². The first-order chi connectivity index (χ1) is 3.15. The Morgan fingerprint density at radius 3 is 1.75 bits per heavy atom. The van der Waals surface area contributed by atoms with Crippen molar-refractivity contribution in [1.29, 1.82) is 0 Å². The Kier molecular flexibility index (Phi) is 31.0. The van der Waals surface area contributed by atoms with E-state index in [-0.39, 0.29) is 25.9 Å². The summed E-state index contributed by atoms with van der Waals surface area (Å²) >= 11 is -1.38. The van der Waals surface area contributed by atoms with Gasteiger partial charge < -0.3 is 7.96 Å². The monoisotopic (exact) mass is 182 g/mol. The maximum Gasteiger partial charge on any atom is 2.00 e. The fraction of sp³-hybridized carbons (Fsp3) is 0.500. The van der Waals surface area contributed by atoms with E-state index in [0.29, 0.717) is 0 Å². The van der Waals surface area contributed by atoms with Crippen LogP contribution in [0.15, 0.2) is 0 Å². The zero-order valence-corrected chi connectivity index (χ0v) is 6.54. The second kappa shape index (κ2) is 15.6. The van der Waals surface area contributed by atoms with Crippen molar-refractivity contribution in [2.24, 2.45) is 0 Å². The molecule has 1 N–H and O–H groups in total. The van der Waals surface area contributed by atoms with Crippen LogP contribution in [0.25, 0.3) is 0 Å². The standard InChI is InChI=1S/C2H4O2.2FH.Mg.Ni.2H/c1-2(3)4;;;;;;/h1H3,(H,3,4);2*1H;;;;/q;;;2*+2;2*-1/p-2. The summed E-state index contributed by atoms with van der Waals surface area (Å²) in [6.45, 7) is 1.08. The molecular formula is C2H6F2MgNiO2. The topological polar surface area (TPSA) is 37.3 Å². The third-order valence-corrected chi connectivity index (χ3v) is 0.